The van der Waals surface area contributed by atoms with E-state index >= 15 is 0 Å². The Morgan fingerprint density at radius 2 is 2.09 bits per heavy atom. The summed E-state index contributed by atoms with van der Waals surface area (Å²) in [6.07, 6.45) is 1.83. The minimum absolute atomic E-state index is 0.0793. The van der Waals surface area contributed by atoms with Gasteiger partial charge in [-0.3, -0.25) is 0 Å². The van der Waals surface area contributed by atoms with Gasteiger partial charge < -0.3 is 14.6 Å². The standard InChI is InChI=1S/C16H23N3O2S/c1-10(2)19(9-14-7-6-11(3)21-14)16(20)18-13(5)15-17-8-12(4)22-15/h6-8,10,13H,9H2,1-5H3,(H,18,20)/t13-/m1/s1. The van der Waals surface area contributed by atoms with Gasteiger partial charge in [-0.15, -0.1) is 11.3 Å². The fourth-order valence-electron chi connectivity index (χ4n) is 2.13. The van der Waals surface area contributed by atoms with Crippen LogP contribution in [0.1, 0.15) is 48.2 Å². The summed E-state index contributed by atoms with van der Waals surface area (Å²) in [5.41, 5.74) is 0. The maximum Gasteiger partial charge on any atom is 0.318 e. The second-order valence-corrected chi connectivity index (χ2v) is 6.98. The maximum absolute atomic E-state index is 12.5. The third kappa shape index (κ3) is 4.10. The number of thiazole rings is 1. The summed E-state index contributed by atoms with van der Waals surface area (Å²) in [4.78, 5) is 19.8. The highest BCUT2D eigenvalue weighted by Crippen LogP contribution is 2.20. The summed E-state index contributed by atoms with van der Waals surface area (Å²) in [6.45, 7) is 10.3. The number of hydrogen-bond donors (Lipinski definition) is 1. The van der Waals surface area contributed by atoms with E-state index < -0.39 is 0 Å². The Morgan fingerprint density at radius 3 is 2.59 bits per heavy atom. The lowest BCUT2D eigenvalue weighted by atomic mass is 10.3. The van der Waals surface area contributed by atoms with E-state index in [4.69, 9.17) is 4.42 Å². The number of nitrogens with zero attached hydrogens (tertiary/aromatic N) is 2. The van der Waals surface area contributed by atoms with Crippen LogP contribution < -0.4 is 5.32 Å². The lowest BCUT2D eigenvalue weighted by molar-refractivity contribution is 0.170. The molecule has 2 rings (SSSR count). The highest BCUT2D eigenvalue weighted by molar-refractivity contribution is 7.11. The third-order valence-electron chi connectivity index (χ3n) is 3.36. The van der Waals surface area contributed by atoms with Crippen molar-refractivity contribution in [2.24, 2.45) is 0 Å². The van der Waals surface area contributed by atoms with Crippen molar-refractivity contribution in [3.05, 3.63) is 39.7 Å². The highest BCUT2D eigenvalue weighted by atomic mass is 32.1. The molecule has 5 nitrogen and oxygen atoms in total. The maximum atomic E-state index is 12.5. The molecule has 1 N–H and O–H groups in total. The van der Waals surface area contributed by atoms with Crippen molar-refractivity contribution in [3.63, 3.8) is 0 Å². The monoisotopic (exact) mass is 321 g/mol. The SMILES string of the molecule is Cc1ccc(CN(C(=O)N[C@H](C)c2ncc(C)s2)C(C)C)o1. The van der Waals surface area contributed by atoms with Crippen molar-refractivity contribution >= 4 is 17.4 Å². The van der Waals surface area contributed by atoms with E-state index in [9.17, 15) is 4.79 Å². The number of hydrogen-bond acceptors (Lipinski definition) is 4. The molecule has 0 radical (unpaired) electrons. The van der Waals surface area contributed by atoms with Crippen LogP contribution in [0.3, 0.4) is 0 Å². The summed E-state index contributed by atoms with van der Waals surface area (Å²) in [7, 11) is 0. The first-order valence-corrected chi connectivity index (χ1v) is 8.23. The molecule has 0 unspecified atom stereocenters. The van der Waals surface area contributed by atoms with Crippen LogP contribution in [0.4, 0.5) is 4.79 Å². The molecule has 2 aromatic heterocycles. The van der Waals surface area contributed by atoms with Crippen LogP contribution in [-0.2, 0) is 6.54 Å². The van der Waals surface area contributed by atoms with Crippen LogP contribution in [0.2, 0.25) is 0 Å². The minimum Gasteiger partial charge on any atom is -0.464 e. The minimum atomic E-state index is -0.107. The van der Waals surface area contributed by atoms with E-state index in [0.717, 1.165) is 21.4 Å². The molecule has 0 saturated carbocycles. The molecule has 0 saturated heterocycles. The number of nitrogens with one attached hydrogen (secondary N) is 1. The molecule has 1 atom stereocenters. The molecule has 6 heteroatoms. The van der Waals surface area contributed by atoms with Gasteiger partial charge in [0.25, 0.3) is 0 Å². The number of urea groups is 1. The van der Waals surface area contributed by atoms with Crippen LogP contribution >= 0.6 is 11.3 Å². The lowest BCUT2D eigenvalue weighted by Crippen LogP contribution is -2.44. The van der Waals surface area contributed by atoms with E-state index in [-0.39, 0.29) is 18.1 Å². The number of carbonyl (C=O) groups excluding carboxylic acids is 1. The molecular formula is C16H23N3O2S. The van der Waals surface area contributed by atoms with Crippen LogP contribution in [-0.4, -0.2) is 22.0 Å². The smallest absolute Gasteiger partial charge is 0.318 e. The Labute approximate surface area is 135 Å². The second-order valence-electron chi connectivity index (χ2n) is 5.71. The van der Waals surface area contributed by atoms with Crippen molar-refractivity contribution in [2.75, 3.05) is 0 Å². The van der Waals surface area contributed by atoms with Gasteiger partial charge in [-0.25, -0.2) is 9.78 Å². The van der Waals surface area contributed by atoms with Crippen molar-refractivity contribution < 1.29 is 9.21 Å². The number of aryl methyl sites for hydroxylation is 2. The van der Waals surface area contributed by atoms with E-state index in [0.29, 0.717) is 6.54 Å². The van der Waals surface area contributed by atoms with Crippen molar-refractivity contribution in [2.45, 2.75) is 53.2 Å². The first kappa shape index (κ1) is 16.5. The van der Waals surface area contributed by atoms with Gasteiger partial charge in [-0.1, -0.05) is 0 Å². The highest BCUT2D eigenvalue weighted by Gasteiger charge is 2.21. The number of amides is 2. The van der Waals surface area contributed by atoms with Crippen LogP contribution in [0, 0.1) is 13.8 Å². The summed E-state index contributed by atoms with van der Waals surface area (Å²) in [5.74, 6) is 1.64. The van der Waals surface area contributed by atoms with Crippen LogP contribution in [0.15, 0.2) is 22.7 Å². The predicted molar refractivity (Wildman–Crippen MR) is 87.9 cm³/mol. The van der Waals surface area contributed by atoms with Gasteiger partial charge in [0.1, 0.15) is 16.5 Å². The molecule has 0 aliphatic carbocycles. The second kappa shape index (κ2) is 6.96. The molecule has 2 heterocycles. The average molecular weight is 321 g/mol. The van der Waals surface area contributed by atoms with Crippen molar-refractivity contribution in [3.8, 4) is 0 Å². The number of carbonyl (C=O) groups is 1. The molecule has 2 amide bonds. The van der Waals surface area contributed by atoms with Gasteiger partial charge in [-0.2, -0.15) is 0 Å². The van der Waals surface area contributed by atoms with Gasteiger partial charge in [0.15, 0.2) is 0 Å². The number of rotatable bonds is 5. The number of furan rings is 1. The fraction of sp³-hybridized carbons (Fsp3) is 0.500. The molecule has 0 fully saturated rings. The first-order chi connectivity index (χ1) is 10.4. The van der Waals surface area contributed by atoms with Gasteiger partial charge in [0, 0.05) is 17.1 Å². The van der Waals surface area contributed by atoms with Crippen LogP contribution in [0.5, 0.6) is 0 Å². The summed E-state index contributed by atoms with van der Waals surface area (Å²) in [6, 6.07) is 3.68. The first-order valence-electron chi connectivity index (χ1n) is 7.41. The molecule has 0 bridgehead atoms. The van der Waals surface area contributed by atoms with Gasteiger partial charge in [-0.05, 0) is 46.8 Å². The lowest BCUT2D eigenvalue weighted by Gasteiger charge is -2.27. The van der Waals surface area contributed by atoms with Gasteiger partial charge in [0.2, 0.25) is 0 Å². The molecule has 0 aliphatic heterocycles. The van der Waals surface area contributed by atoms with E-state index in [1.165, 1.54) is 0 Å². The Kier molecular flexibility index (Phi) is 5.24. The molecule has 0 spiro atoms. The normalized spacial score (nSPS) is 12.5. The van der Waals surface area contributed by atoms with E-state index in [1.54, 1.807) is 16.2 Å². The van der Waals surface area contributed by atoms with Crippen molar-refractivity contribution in [1.29, 1.82) is 0 Å². The average Bonchev–Trinajstić information content (AvgIpc) is 3.04. The third-order valence-corrected chi connectivity index (χ3v) is 4.45. The Morgan fingerprint density at radius 1 is 1.36 bits per heavy atom. The molecule has 0 aromatic carbocycles. The molecule has 0 aliphatic rings. The fourth-order valence-corrected chi connectivity index (χ4v) is 2.91. The topological polar surface area (TPSA) is 58.4 Å². The zero-order valence-corrected chi connectivity index (χ0v) is 14.5. The molecule has 2 aromatic rings. The van der Waals surface area contributed by atoms with Crippen LogP contribution in [0.25, 0.3) is 0 Å². The molecule has 120 valence electrons. The zero-order chi connectivity index (χ0) is 16.3. The van der Waals surface area contributed by atoms with E-state index in [2.05, 4.69) is 10.3 Å². The molecule has 22 heavy (non-hydrogen) atoms. The number of aromatic nitrogens is 1. The van der Waals surface area contributed by atoms with Crippen molar-refractivity contribution in [1.82, 2.24) is 15.2 Å². The summed E-state index contributed by atoms with van der Waals surface area (Å²) < 4.78 is 5.58. The quantitative estimate of drug-likeness (QED) is 0.904. The van der Waals surface area contributed by atoms with Gasteiger partial charge in [0.05, 0.1) is 12.6 Å². The van der Waals surface area contributed by atoms with E-state index in [1.807, 2.05) is 52.9 Å². The Bertz CT molecular complexity index is 633. The molecular weight excluding hydrogens is 298 g/mol. The summed E-state index contributed by atoms with van der Waals surface area (Å²) in [5, 5.41) is 3.93. The summed E-state index contributed by atoms with van der Waals surface area (Å²) >= 11 is 1.60. The largest absolute Gasteiger partial charge is 0.464 e. The zero-order valence-electron chi connectivity index (χ0n) is 13.7. The van der Waals surface area contributed by atoms with Gasteiger partial charge >= 0.3 is 6.03 Å². The predicted octanol–water partition coefficient (Wildman–Crippen LogP) is 4.03. The Hall–Kier alpha value is -1.82. The Balaban J connectivity index is 2.03.